The van der Waals surface area contributed by atoms with Crippen LogP contribution in [0.25, 0.3) is 0 Å². The van der Waals surface area contributed by atoms with Crippen LogP contribution in [0, 0.1) is 34.6 Å². The van der Waals surface area contributed by atoms with Crippen LogP contribution in [0.3, 0.4) is 0 Å². The zero-order chi connectivity index (χ0) is 60.1. The van der Waals surface area contributed by atoms with E-state index >= 15 is 0 Å². The standard InChI is InChI=1S/C26H34O3.C16H26O.C15H22O.C15H24O/c1-10-22(27)29-24-19(12-17(3)14-21(24)26(7,8)9)15-18-11-16(2)13-20(23(18)28)25(4,5)6;1-8-11-9-12(15(2,3)4)14(17)13(10-11)16(5,6)7;1-11-9-12(2)14(16)13(10-11)15(3)7-5-4-6-8-15;1-10-8-11(14(2,3)4)13(16)12(9-10)15(5,6)7/h10-14,28H,1,15H2,2-9H3;9-10,17H,8H2,1-7H3;9-10,16H,4-8H2,1-3H3;8-9,16H,1-7H3. The summed E-state index contributed by atoms with van der Waals surface area (Å²) in [6, 6.07) is 20.8. The van der Waals surface area contributed by atoms with Crippen LogP contribution >= 0.6 is 0 Å². The van der Waals surface area contributed by atoms with Crippen molar-refractivity contribution in [3.05, 3.63) is 157 Å². The normalized spacial score (nSPS) is 14.0. The summed E-state index contributed by atoms with van der Waals surface area (Å²) in [5.74, 6) is 1.85. The Hall–Kier alpha value is -5.49. The number of ether oxygens (including phenoxy) is 1. The summed E-state index contributed by atoms with van der Waals surface area (Å²) in [4.78, 5) is 12.1. The third-order valence-electron chi connectivity index (χ3n) is 15.1. The molecule has 6 nitrogen and oxygen atoms in total. The van der Waals surface area contributed by atoms with Crippen molar-refractivity contribution < 1.29 is 30.0 Å². The second-order valence-electron chi connectivity index (χ2n) is 29.1. The highest BCUT2D eigenvalue weighted by molar-refractivity contribution is 5.84. The summed E-state index contributed by atoms with van der Waals surface area (Å²) in [6.45, 7) is 56.5. The number of phenols is 4. The molecular weight excluding hydrogens is 961 g/mol. The van der Waals surface area contributed by atoms with Gasteiger partial charge in [-0.05, 0) is 142 Å². The van der Waals surface area contributed by atoms with E-state index in [1.807, 2.05) is 39.0 Å². The number of benzene rings is 5. The van der Waals surface area contributed by atoms with Crippen LogP contribution in [-0.2, 0) is 55.5 Å². The van der Waals surface area contributed by atoms with Crippen molar-refractivity contribution in [3.63, 3.8) is 0 Å². The molecule has 6 rings (SSSR count). The van der Waals surface area contributed by atoms with Gasteiger partial charge in [0.1, 0.15) is 28.7 Å². The van der Waals surface area contributed by atoms with Crippen LogP contribution in [0.1, 0.15) is 254 Å². The van der Waals surface area contributed by atoms with Gasteiger partial charge in [0.15, 0.2) is 0 Å². The van der Waals surface area contributed by atoms with E-state index in [9.17, 15) is 25.2 Å². The van der Waals surface area contributed by atoms with Crippen molar-refractivity contribution in [1.29, 1.82) is 0 Å². The molecule has 430 valence electrons. The highest BCUT2D eigenvalue weighted by Gasteiger charge is 2.33. The lowest BCUT2D eigenvalue weighted by Gasteiger charge is -2.35. The first-order valence-electron chi connectivity index (χ1n) is 28.7. The summed E-state index contributed by atoms with van der Waals surface area (Å²) in [5, 5.41) is 42.1. The molecule has 5 aromatic rings. The van der Waals surface area contributed by atoms with E-state index in [2.05, 4.69) is 201 Å². The number of hydrogen-bond donors (Lipinski definition) is 4. The van der Waals surface area contributed by atoms with Crippen molar-refractivity contribution in [3.8, 4) is 28.7 Å². The summed E-state index contributed by atoms with van der Waals surface area (Å²) in [5.41, 5.74) is 15.7. The first-order chi connectivity index (χ1) is 35.4. The summed E-state index contributed by atoms with van der Waals surface area (Å²) >= 11 is 0. The Morgan fingerprint density at radius 3 is 1.22 bits per heavy atom. The lowest BCUT2D eigenvalue weighted by Crippen LogP contribution is -2.25. The van der Waals surface area contributed by atoms with Crippen molar-refractivity contribution in [2.24, 2.45) is 0 Å². The fourth-order valence-electron chi connectivity index (χ4n) is 10.6. The average Bonchev–Trinajstić information content (AvgIpc) is 3.28. The molecule has 0 radical (unpaired) electrons. The third-order valence-corrected chi connectivity index (χ3v) is 15.1. The van der Waals surface area contributed by atoms with Crippen LogP contribution in [0.5, 0.6) is 28.7 Å². The average molecular weight is 1070 g/mol. The Morgan fingerprint density at radius 2 is 0.833 bits per heavy atom. The van der Waals surface area contributed by atoms with Gasteiger partial charge in [0.2, 0.25) is 0 Å². The molecule has 5 aromatic carbocycles. The quantitative estimate of drug-likeness (QED) is 0.0767. The van der Waals surface area contributed by atoms with E-state index < -0.39 is 5.97 Å². The molecule has 4 N–H and O–H groups in total. The largest absolute Gasteiger partial charge is 0.507 e. The zero-order valence-corrected chi connectivity index (χ0v) is 53.6. The minimum atomic E-state index is -0.482. The maximum atomic E-state index is 12.1. The van der Waals surface area contributed by atoms with Gasteiger partial charge in [-0.1, -0.05) is 247 Å². The van der Waals surface area contributed by atoms with E-state index in [1.54, 1.807) is 0 Å². The molecule has 1 aliphatic rings. The molecule has 1 saturated carbocycles. The molecule has 0 amide bonds. The maximum Gasteiger partial charge on any atom is 0.335 e. The Labute approximate surface area is 475 Å². The van der Waals surface area contributed by atoms with Crippen LogP contribution in [0.15, 0.2) is 73.3 Å². The molecule has 0 atom stereocenters. The Kier molecular flexibility index (Phi) is 21.7. The molecule has 78 heavy (non-hydrogen) atoms. The van der Waals surface area contributed by atoms with Crippen LogP contribution in [0.4, 0.5) is 0 Å². The van der Waals surface area contributed by atoms with E-state index in [-0.39, 0.29) is 37.9 Å². The minimum Gasteiger partial charge on any atom is -0.507 e. The number of aromatic hydroxyl groups is 4. The predicted molar refractivity (Wildman–Crippen MR) is 333 cm³/mol. The van der Waals surface area contributed by atoms with Gasteiger partial charge in [-0.15, -0.1) is 0 Å². The zero-order valence-electron chi connectivity index (χ0n) is 53.6. The second kappa shape index (κ2) is 25.3. The van der Waals surface area contributed by atoms with Crippen molar-refractivity contribution in [2.75, 3.05) is 0 Å². The highest BCUT2D eigenvalue weighted by atomic mass is 16.5. The second-order valence-corrected chi connectivity index (χ2v) is 29.1. The van der Waals surface area contributed by atoms with Crippen molar-refractivity contribution in [2.45, 2.75) is 256 Å². The summed E-state index contributed by atoms with van der Waals surface area (Å²) < 4.78 is 5.71. The molecule has 1 fully saturated rings. The van der Waals surface area contributed by atoms with Gasteiger partial charge in [-0.3, -0.25) is 0 Å². The first-order valence-corrected chi connectivity index (χ1v) is 28.7. The predicted octanol–water partition coefficient (Wildman–Crippen LogP) is 19.4. The van der Waals surface area contributed by atoms with Crippen molar-refractivity contribution in [1.82, 2.24) is 0 Å². The summed E-state index contributed by atoms with van der Waals surface area (Å²) in [6.07, 6.45) is 9.02. The Balaban J connectivity index is 0.000000285. The lowest BCUT2D eigenvalue weighted by molar-refractivity contribution is -0.129. The monoisotopic (exact) mass is 1070 g/mol. The molecule has 0 aromatic heterocycles. The van der Waals surface area contributed by atoms with Crippen molar-refractivity contribution >= 4 is 5.97 Å². The van der Waals surface area contributed by atoms with E-state index in [0.717, 1.165) is 67.6 Å². The molecule has 0 spiro atoms. The van der Waals surface area contributed by atoms with Gasteiger partial charge < -0.3 is 25.2 Å². The van der Waals surface area contributed by atoms with Gasteiger partial charge in [-0.25, -0.2) is 4.79 Å². The smallest absolute Gasteiger partial charge is 0.335 e. The Morgan fingerprint density at radius 1 is 0.487 bits per heavy atom. The number of hydrogen-bond acceptors (Lipinski definition) is 6. The molecule has 0 saturated heterocycles. The number of aryl methyl sites for hydroxylation is 6. The van der Waals surface area contributed by atoms with Crippen LogP contribution < -0.4 is 4.74 Å². The minimum absolute atomic E-state index is 0.0178. The Bertz CT molecular complexity index is 2810. The molecule has 0 heterocycles. The molecule has 0 bridgehead atoms. The molecule has 0 unspecified atom stereocenters. The summed E-state index contributed by atoms with van der Waals surface area (Å²) in [7, 11) is 0. The SMILES string of the molecule is C=CC(=O)Oc1c(Cc2cc(C)cc(C(C)(C)C)c2O)cc(C)cc1C(C)(C)C.CCc1cc(C(C)(C)C)c(O)c(C(C)(C)C)c1.Cc1cc(C(C)(C)C)c(O)c(C(C)(C)C)c1.Cc1cc(C)c(O)c(C2(C)CCCCC2)c1. The van der Waals surface area contributed by atoms with Crippen LogP contribution in [0.2, 0.25) is 0 Å². The number of rotatable bonds is 6. The van der Waals surface area contributed by atoms with Gasteiger partial charge >= 0.3 is 5.97 Å². The number of carbonyl (C=O) groups is 1. The number of phenolic OH excluding ortho intramolecular Hbond substituents is 4. The first kappa shape index (κ1) is 66.8. The third kappa shape index (κ3) is 17.8. The van der Waals surface area contributed by atoms with Gasteiger partial charge in [0, 0.05) is 23.6 Å². The molecule has 0 aliphatic heterocycles. The highest BCUT2D eigenvalue weighted by Crippen LogP contribution is 2.46. The van der Waals surface area contributed by atoms with E-state index in [4.69, 9.17) is 4.74 Å². The maximum absolute atomic E-state index is 12.1. The fourth-order valence-corrected chi connectivity index (χ4v) is 10.6. The number of esters is 1. The molecular formula is C72H106O6. The van der Waals surface area contributed by atoms with Gasteiger partial charge in [-0.2, -0.15) is 0 Å². The van der Waals surface area contributed by atoms with Crippen LogP contribution in [-0.4, -0.2) is 26.4 Å². The van der Waals surface area contributed by atoms with E-state index in [0.29, 0.717) is 35.2 Å². The van der Waals surface area contributed by atoms with Gasteiger partial charge in [0.25, 0.3) is 0 Å². The lowest BCUT2D eigenvalue weighted by atomic mass is 9.70. The van der Waals surface area contributed by atoms with Gasteiger partial charge in [0.05, 0.1) is 0 Å². The van der Waals surface area contributed by atoms with E-state index in [1.165, 1.54) is 60.4 Å². The topological polar surface area (TPSA) is 107 Å². The fraction of sp³-hybridized carbons (Fsp3) is 0.542. The number of carbonyl (C=O) groups excluding carboxylic acids is 1. The molecule has 1 aliphatic carbocycles. The molecule has 6 heteroatoms.